The van der Waals surface area contributed by atoms with Gasteiger partial charge in [0.1, 0.15) is 0 Å². The van der Waals surface area contributed by atoms with Crippen LogP contribution in [-0.2, 0) is 0 Å². The van der Waals surface area contributed by atoms with E-state index in [0.717, 1.165) is 15.4 Å². The fourth-order valence-electron chi connectivity index (χ4n) is 1.43. The number of likely N-dealkylation sites (N-methyl/N-ethyl adjacent to an activating group) is 1. The number of aromatic nitrogens is 2. The molecule has 0 unspecified atom stereocenters. The predicted molar refractivity (Wildman–Crippen MR) is 67.6 cm³/mol. The zero-order valence-corrected chi connectivity index (χ0v) is 10.5. The van der Waals surface area contributed by atoms with Crippen molar-refractivity contribution >= 4 is 32.8 Å². The second-order valence-electron chi connectivity index (χ2n) is 3.52. The van der Waals surface area contributed by atoms with Crippen LogP contribution in [0.5, 0.6) is 0 Å². The monoisotopic (exact) mass is 281 g/mol. The summed E-state index contributed by atoms with van der Waals surface area (Å²) in [6, 6.07) is 5.87. The molecule has 0 atom stereocenters. The van der Waals surface area contributed by atoms with Gasteiger partial charge in [0.15, 0.2) is 0 Å². The summed E-state index contributed by atoms with van der Waals surface area (Å²) in [7, 11) is 1.86. The summed E-state index contributed by atoms with van der Waals surface area (Å²) in [5.41, 5.74) is 0.901. The first-order chi connectivity index (χ1) is 7.70. The number of fused-ring (bicyclic) bond motifs is 1. The zero-order valence-electron chi connectivity index (χ0n) is 8.89. The molecular weight excluding hydrogens is 270 g/mol. The number of aliphatic hydroxyl groups excluding tert-OH is 1. The van der Waals surface area contributed by atoms with Crippen LogP contribution in [-0.4, -0.2) is 35.3 Å². The van der Waals surface area contributed by atoms with Crippen LogP contribution in [0.4, 0.5) is 5.95 Å². The molecule has 0 saturated carbocycles. The lowest BCUT2D eigenvalue weighted by atomic mass is 10.2. The Balaban J connectivity index is 2.40. The van der Waals surface area contributed by atoms with Gasteiger partial charge in [-0.1, -0.05) is 15.9 Å². The van der Waals surface area contributed by atoms with E-state index >= 15 is 0 Å². The van der Waals surface area contributed by atoms with Gasteiger partial charge in [-0.3, -0.25) is 0 Å². The minimum absolute atomic E-state index is 0.0955. The van der Waals surface area contributed by atoms with E-state index in [1.54, 1.807) is 6.20 Å². The average Bonchev–Trinajstić information content (AvgIpc) is 2.28. The fourth-order valence-corrected chi connectivity index (χ4v) is 1.81. The van der Waals surface area contributed by atoms with Gasteiger partial charge in [-0.05, 0) is 18.2 Å². The highest BCUT2D eigenvalue weighted by molar-refractivity contribution is 9.10. The van der Waals surface area contributed by atoms with E-state index < -0.39 is 0 Å². The highest BCUT2D eigenvalue weighted by Gasteiger charge is 2.04. The molecule has 1 heterocycles. The van der Waals surface area contributed by atoms with Crippen molar-refractivity contribution in [3.8, 4) is 0 Å². The molecule has 1 aromatic carbocycles. The molecule has 0 radical (unpaired) electrons. The number of anilines is 1. The summed E-state index contributed by atoms with van der Waals surface area (Å²) in [5.74, 6) is 0.629. The third kappa shape index (κ3) is 2.31. The van der Waals surface area contributed by atoms with Gasteiger partial charge in [0.05, 0.1) is 12.1 Å². The Morgan fingerprint density at radius 3 is 3.00 bits per heavy atom. The first-order valence-electron chi connectivity index (χ1n) is 4.95. The maximum absolute atomic E-state index is 8.84. The van der Waals surface area contributed by atoms with E-state index in [4.69, 9.17) is 5.11 Å². The maximum atomic E-state index is 8.84. The molecule has 0 aliphatic rings. The van der Waals surface area contributed by atoms with Gasteiger partial charge in [-0.15, -0.1) is 0 Å². The predicted octanol–water partition coefficient (Wildman–Crippen LogP) is 1.82. The van der Waals surface area contributed by atoms with Crippen molar-refractivity contribution < 1.29 is 5.11 Å². The topological polar surface area (TPSA) is 49.2 Å². The molecule has 5 heteroatoms. The third-order valence-corrected chi connectivity index (χ3v) is 2.80. The smallest absolute Gasteiger partial charge is 0.225 e. The van der Waals surface area contributed by atoms with Gasteiger partial charge < -0.3 is 10.0 Å². The number of halogens is 1. The molecule has 0 spiro atoms. The molecule has 84 valence electrons. The van der Waals surface area contributed by atoms with E-state index in [1.165, 1.54) is 0 Å². The Labute approximate surface area is 102 Å². The summed E-state index contributed by atoms with van der Waals surface area (Å²) in [6.07, 6.45) is 1.79. The van der Waals surface area contributed by atoms with Crippen LogP contribution in [0.1, 0.15) is 0 Å². The summed E-state index contributed by atoms with van der Waals surface area (Å²) in [5, 5.41) is 9.84. The number of benzene rings is 1. The van der Waals surface area contributed by atoms with Crippen LogP contribution in [0.25, 0.3) is 10.9 Å². The lowest BCUT2D eigenvalue weighted by Crippen LogP contribution is -2.23. The first kappa shape index (κ1) is 11.3. The highest BCUT2D eigenvalue weighted by Crippen LogP contribution is 2.19. The Morgan fingerprint density at radius 2 is 2.25 bits per heavy atom. The lowest BCUT2D eigenvalue weighted by Gasteiger charge is -2.15. The molecule has 0 bridgehead atoms. The van der Waals surface area contributed by atoms with Crippen LogP contribution in [0.2, 0.25) is 0 Å². The third-order valence-electron chi connectivity index (χ3n) is 2.31. The van der Waals surface area contributed by atoms with Crippen molar-refractivity contribution in [1.29, 1.82) is 0 Å². The fraction of sp³-hybridized carbons (Fsp3) is 0.273. The van der Waals surface area contributed by atoms with Gasteiger partial charge >= 0.3 is 0 Å². The average molecular weight is 282 g/mol. The van der Waals surface area contributed by atoms with Crippen molar-refractivity contribution in [1.82, 2.24) is 9.97 Å². The van der Waals surface area contributed by atoms with Crippen LogP contribution in [0.15, 0.2) is 28.9 Å². The molecule has 0 aliphatic heterocycles. The van der Waals surface area contributed by atoms with Crippen molar-refractivity contribution in [2.24, 2.45) is 0 Å². The van der Waals surface area contributed by atoms with E-state index in [2.05, 4.69) is 25.9 Å². The molecule has 16 heavy (non-hydrogen) atoms. The van der Waals surface area contributed by atoms with E-state index in [9.17, 15) is 0 Å². The van der Waals surface area contributed by atoms with Crippen LogP contribution < -0.4 is 4.90 Å². The van der Waals surface area contributed by atoms with Gasteiger partial charge in [-0.25, -0.2) is 9.97 Å². The Bertz CT molecular complexity index is 504. The number of hydrogen-bond acceptors (Lipinski definition) is 4. The SMILES string of the molecule is CN(CCO)c1ncc2cc(Br)ccc2n1. The van der Waals surface area contributed by atoms with Crippen molar-refractivity contribution in [2.45, 2.75) is 0 Å². The van der Waals surface area contributed by atoms with E-state index in [0.29, 0.717) is 12.5 Å². The highest BCUT2D eigenvalue weighted by atomic mass is 79.9. The second-order valence-corrected chi connectivity index (χ2v) is 4.43. The minimum atomic E-state index is 0.0955. The van der Waals surface area contributed by atoms with Crippen LogP contribution >= 0.6 is 15.9 Å². The first-order valence-corrected chi connectivity index (χ1v) is 5.74. The molecule has 1 aromatic heterocycles. The standard InChI is InChI=1S/C11H12BrN3O/c1-15(4-5-16)11-13-7-8-6-9(12)2-3-10(8)14-11/h2-3,6-7,16H,4-5H2,1H3. The normalized spacial score (nSPS) is 10.7. The van der Waals surface area contributed by atoms with E-state index in [-0.39, 0.29) is 6.61 Å². The molecule has 0 amide bonds. The van der Waals surface area contributed by atoms with Gasteiger partial charge in [0.2, 0.25) is 5.95 Å². The largest absolute Gasteiger partial charge is 0.395 e. The molecule has 0 aliphatic carbocycles. The quantitative estimate of drug-likeness (QED) is 0.933. The molecule has 2 aromatic rings. The second kappa shape index (κ2) is 4.76. The van der Waals surface area contributed by atoms with Crippen LogP contribution in [0.3, 0.4) is 0 Å². The number of hydrogen-bond donors (Lipinski definition) is 1. The summed E-state index contributed by atoms with van der Waals surface area (Å²) < 4.78 is 1.01. The minimum Gasteiger partial charge on any atom is -0.395 e. The molecular formula is C11H12BrN3O. The number of rotatable bonds is 3. The van der Waals surface area contributed by atoms with Crippen molar-refractivity contribution in [2.75, 3.05) is 25.1 Å². The Hall–Kier alpha value is -1.20. The maximum Gasteiger partial charge on any atom is 0.225 e. The van der Waals surface area contributed by atoms with E-state index in [1.807, 2.05) is 30.1 Å². The molecule has 1 N–H and O–H groups in total. The summed E-state index contributed by atoms with van der Waals surface area (Å²) >= 11 is 3.41. The zero-order chi connectivity index (χ0) is 11.5. The van der Waals surface area contributed by atoms with Crippen LogP contribution in [0, 0.1) is 0 Å². The lowest BCUT2D eigenvalue weighted by molar-refractivity contribution is 0.303. The molecule has 4 nitrogen and oxygen atoms in total. The number of nitrogens with zero attached hydrogens (tertiary/aromatic N) is 3. The Kier molecular flexibility index (Phi) is 3.36. The van der Waals surface area contributed by atoms with Gasteiger partial charge in [0.25, 0.3) is 0 Å². The summed E-state index contributed by atoms with van der Waals surface area (Å²) in [4.78, 5) is 10.5. The van der Waals surface area contributed by atoms with Crippen molar-refractivity contribution in [3.05, 3.63) is 28.9 Å². The van der Waals surface area contributed by atoms with Gasteiger partial charge in [-0.2, -0.15) is 0 Å². The molecule has 0 saturated heterocycles. The van der Waals surface area contributed by atoms with Gasteiger partial charge in [0, 0.05) is 29.6 Å². The number of aliphatic hydroxyl groups is 1. The molecule has 2 rings (SSSR count). The Morgan fingerprint density at radius 1 is 1.44 bits per heavy atom. The summed E-state index contributed by atoms with van der Waals surface area (Å²) in [6.45, 7) is 0.625. The van der Waals surface area contributed by atoms with Crippen molar-refractivity contribution in [3.63, 3.8) is 0 Å². The molecule has 0 fully saturated rings.